The molecule has 1 aliphatic rings. The summed E-state index contributed by atoms with van der Waals surface area (Å²) in [5.41, 5.74) is 0. The van der Waals surface area contributed by atoms with Gasteiger partial charge in [-0.1, -0.05) is 13.8 Å². The molecule has 76 valence electrons. The number of likely N-dealkylation sites (tertiary alicyclic amines) is 1. The van der Waals surface area contributed by atoms with Crippen molar-refractivity contribution in [2.45, 2.75) is 39.2 Å². The van der Waals surface area contributed by atoms with Gasteiger partial charge in [-0.3, -0.25) is 4.79 Å². The number of rotatable bonds is 2. The van der Waals surface area contributed by atoms with Gasteiger partial charge in [-0.25, -0.2) is 0 Å². The molecule has 0 aliphatic carbocycles. The largest absolute Gasteiger partial charge is 0.391 e. The van der Waals surface area contributed by atoms with E-state index in [0.717, 1.165) is 19.4 Å². The maximum absolute atomic E-state index is 11.6. The minimum absolute atomic E-state index is 0.189. The Bertz CT molecular complexity index is 180. The zero-order valence-electron chi connectivity index (χ0n) is 8.49. The van der Waals surface area contributed by atoms with Crippen molar-refractivity contribution in [2.75, 3.05) is 13.1 Å². The molecular weight excluding hydrogens is 166 g/mol. The second-order valence-corrected chi connectivity index (χ2v) is 4.23. The molecule has 0 radical (unpaired) electrons. The van der Waals surface area contributed by atoms with E-state index in [1.165, 1.54) is 0 Å². The number of hydrogen-bond acceptors (Lipinski definition) is 2. The molecule has 0 unspecified atom stereocenters. The summed E-state index contributed by atoms with van der Waals surface area (Å²) in [5.74, 6) is 0.598. The number of aliphatic hydroxyl groups is 1. The molecule has 0 aromatic heterocycles. The quantitative estimate of drug-likeness (QED) is 0.697. The van der Waals surface area contributed by atoms with Gasteiger partial charge >= 0.3 is 0 Å². The molecule has 3 heteroatoms. The highest BCUT2D eigenvalue weighted by molar-refractivity contribution is 5.76. The molecule has 3 nitrogen and oxygen atoms in total. The summed E-state index contributed by atoms with van der Waals surface area (Å²) in [4.78, 5) is 13.4. The number of β-amino-alcohol motifs (C(OH)–C–C–N with tert-alkyl or cyclic N) is 1. The first-order chi connectivity index (χ1) is 6.09. The number of hydrogen-bond donors (Lipinski definition) is 1. The van der Waals surface area contributed by atoms with Gasteiger partial charge in [-0.05, 0) is 18.8 Å². The third-order valence-electron chi connectivity index (χ3n) is 2.33. The van der Waals surface area contributed by atoms with Crippen LogP contribution in [0, 0.1) is 5.92 Å². The van der Waals surface area contributed by atoms with Crippen molar-refractivity contribution in [1.29, 1.82) is 0 Å². The monoisotopic (exact) mass is 185 g/mol. The zero-order valence-corrected chi connectivity index (χ0v) is 8.49. The molecule has 0 bridgehead atoms. The van der Waals surface area contributed by atoms with Crippen molar-refractivity contribution in [1.82, 2.24) is 4.90 Å². The summed E-state index contributed by atoms with van der Waals surface area (Å²) < 4.78 is 0. The summed E-state index contributed by atoms with van der Waals surface area (Å²) in [6, 6.07) is 0. The van der Waals surface area contributed by atoms with Gasteiger partial charge in [0.2, 0.25) is 5.91 Å². The van der Waals surface area contributed by atoms with Crippen LogP contribution < -0.4 is 0 Å². The van der Waals surface area contributed by atoms with Crippen LogP contribution in [0.5, 0.6) is 0 Å². The van der Waals surface area contributed by atoms with Gasteiger partial charge in [0.1, 0.15) is 0 Å². The number of piperidine rings is 1. The minimum atomic E-state index is -0.301. The molecule has 1 amide bonds. The van der Waals surface area contributed by atoms with Gasteiger partial charge in [0.25, 0.3) is 0 Å². The van der Waals surface area contributed by atoms with Crippen LogP contribution in [0.3, 0.4) is 0 Å². The van der Waals surface area contributed by atoms with Crippen molar-refractivity contribution in [3.05, 3.63) is 0 Å². The van der Waals surface area contributed by atoms with Crippen molar-refractivity contribution >= 4 is 5.91 Å². The molecule has 0 saturated carbocycles. The molecule has 1 rings (SSSR count). The lowest BCUT2D eigenvalue weighted by Gasteiger charge is -2.30. The third-order valence-corrected chi connectivity index (χ3v) is 2.33. The van der Waals surface area contributed by atoms with E-state index in [0.29, 0.717) is 18.9 Å². The fraction of sp³-hybridized carbons (Fsp3) is 0.900. The average molecular weight is 185 g/mol. The first-order valence-corrected chi connectivity index (χ1v) is 5.05. The molecule has 1 heterocycles. The van der Waals surface area contributed by atoms with Crippen LogP contribution in [0.4, 0.5) is 0 Å². The van der Waals surface area contributed by atoms with Crippen molar-refractivity contribution < 1.29 is 9.90 Å². The van der Waals surface area contributed by atoms with Crippen LogP contribution in [0.15, 0.2) is 0 Å². The molecule has 0 aromatic carbocycles. The molecule has 13 heavy (non-hydrogen) atoms. The van der Waals surface area contributed by atoms with Gasteiger partial charge in [0.05, 0.1) is 6.10 Å². The van der Waals surface area contributed by atoms with E-state index < -0.39 is 0 Å². The van der Waals surface area contributed by atoms with Gasteiger partial charge in [0, 0.05) is 19.5 Å². The Hall–Kier alpha value is -0.570. The first-order valence-electron chi connectivity index (χ1n) is 5.05. The molecule has 0 aromatic rings. The topological polar surface area (TPSA) is 40.5 Å². The van der Waals surface area contributed by atoms with Crippen LogP contribution in [-0.4, -0.2) is 35.1 Å². The highest BCUT2D eigenvalue weighted by Crippen LogP contribution is 2.12. The summed E-state index contributed by atoms with van der Waals surface area (Å²) in [7, 11) is 0. The Morgan fingerprint density at radius 3 is 2.85 bits per heavy atom. The summed E-state index contributed by atoms with van der Waals surface area (Å²) in [6.45, 7) is 5.44. The maximum Gasteiger partial charge on any atom is 0.222 e. The normalized spacial score (nSPS) is 23.7. The lowest BCUT2D eigenvalue weighted by molar-refractivity contribution is -0.135. The second kappa shape index (κ2) is 4.61. The van der Waals surface area contributed by atoms with Gasteiger partial charge < -0.3 is 10.0 Å². The average Bonchev–Trinajstić information content (AvgIpc) is 2.03. The molecule has 1 saturated heterocycles. The Balaban J connectivity index is 2.37. The SMILES string of the molecule is CC(C)CC(=O)N1CCC[C@H](O)C1. The number of carbonyl (C=O) groups excluding carboxylic acids is 1. The highest BCUT2D eigenvalue weighted by Gasteiger charge is 2.21. The fourth-order valence-electron chi connectivity index (χ4n) is 1.66. The first kappa shape index (κ1) is 10.5. The zero-order chi connectivity index (χ0) is 9.84. The van der Waals surface area contributed by atoms with E-state index in [2.05, 4.69) is 0 Å². The molecule has 1 fully saturated rings. The number of nitrogens with zero attached hydrogens (tertiary/aromatic N) is 1. The summed E-state index contributed by atoms with van der Waals surface area (Å²) in [6.07, 6.45) is 2.08. The summed E-state index contributed by atoms with van der Waals surface area (Å²) in [5, 5.41) is 9.37. The molecule has 1 N–H and O–H groups in total. The third kappa shape index (κ3) is 3.35. The molecular formula is C10H19NO2. The molecule has 0 spiro atoms. The van der Waals surface area contributed by atoms with Crippen molar-refractivity contribution in [2.24, 2.45) is 5.92 Å². The van der Waals surface area contributed by atoms with Crippen LogP contribution in [0.2, 0.25) is 0 Å². The number of aliphatic hydroxyl groups excluding tert-OH is 1. The Kier molecular flexibility index (Phi) is 3.72. The van der Waals surface area contributed by atoms with E-state index in [1.807, 2.05) is 13.8 Å². The standard InChI is InChI=1S/C10H19NO2/c1-8(2)6-10(13)11-5-3-4-9(12)7-11/h8-9,12H,3-7H2,1-2H3/t9-/m0/s1. The van der Waals surface area contributed by atoms with E-state index >= 15 is 0 Å². The van der Waals surface area contributed by atoms with E-state index in [-0.39, 0.29) is 12.0 Å². The summed E-state index contributed by atoms with van der Waals surface area (Å²) >= 11 is 0. The molecule has 1 aliphatic heterocycles. The van der Waals surface area contributed by atoms with Crippen LogP contribution in [0.25, 0.3) is 0 Å². The Morgan fingerprint density at radius 2 is 2.31 bits per heavy atom. The molecule has 1 atom stereocenters. The van der Waals surface area contributed by atoms with Crippen LogP contribution in [-0.2, 0) is 4.79 Å². The lowest BCUT2D eigenvalue weighted by atomic mass is 10.1. The van der Waals surface area contributed by atoms with Crippen molar-refractivity contribution in [3.63, 3.8) is 0 Å². The predicted molar refractivity (Wildman–Crippen MR) is 51.3 cm³/mol. The lowest BCUT2D eigenvalue weighted by Crippen LogP contribution is -2.42. The van der Waals surface area contributed by atoms with Gasteiger partial charge in [0.15, 0.2) is 0 Å². The van der Waals surface area contributed by atoms with E-state index in [1.54, 1.807) is 4.90 Å². The van der Waals surface area contributed by atoms with Gasteiger partial charge in [-0.15, -0.1) is 0 Å². The van der Waals surface area contributed by atoms with E-state index in [9.17, 15) is 9.90 Å². The number of carbonyl (C=O) groups is 1. The van der Waals surface area contributed by atoms with Gasteiger partial charge in [-0.2, -0.15) is 0 Å². The van der Waals surface area contributed by atoms with Crippen molar-refractivity contribution in [3.8, 4) is 0 Å². The smallest absolute Gasteiger partial charge is 0.222 e. The predicted octanol–water partition coefficient (Wildman–Crippen LogP) is 1.02. The maximum atomic E-state index is 11.6. The highest BCUT2D eigenvalue weighted by atomic mass is 16.3. The number of amides is 1. The van der Waals surface area contributed by atoms with E-state index in [4.69, 9.17) is 0 Å². The van der Waals surface area contributed by atoms with Crippen LogP contribution in [0.1, 0.15) is 33.1 Å². The Morgan fingerprint density at radius 1 is 1.62 bits per heavy atom. The minimum Gasteiger partial charge on any atom is -0.391 e. The fourth-order valence-corrected chi connectivity index (χ4v) is 1.66. The Labute approximate surface area is 79.7 Å². The van der Waals surface area contributed by atoms with Crippen LogP contribution >= 0.6 is 0 Å². The second-order valence-electron chi connectivity index (χ2n) is 4.23.